The van der Waals surface area contributed by atoms with E-state index < -0.39 is 0 Å². The monoisotopic (exact) mass is 191 g/mol. The first-order valence-electron chi connectivity index (χ1n) is 4.82. The van der Waals surface area contributed by atoms with Gasteiger partial charge < -0.3 is 10.4 Å². The van der Waals surface area contributed by atoms with Crippen molar-refractivity contribution in [3.63, 3.8) is 0 Å². The Hall–Kier alpha value is -1.35. The maximum absolute atomic E-state index is 11.1. The van der Waals surface area contributed by atoms with Crippen LogP contribution in [0.5, 0.6) is 0 Å². The zero-order chi connectivity index (χ0) is 9.97. The zero-order valence-corrected chi connectivity index (χ0v) is 7.92. The summed E-state index contributed by atoms with van der Waals surface area (Å²) in [5.41, 5.74) is 3.17. The third-order valence-corrected chi connectivity index (χ3v) is 2.42. The minimum absolute atomic E-state index is 0.0688. The highest BCUT2D eigenvalue weighted by molar-refractivity contribution is 5.99. The van der Waals surface area contributed by atoms with Crippen LogP contribution in [0.2, 0.25) is 0 Å². The number of hydrogen-bond donors (Lipinski definition) is 2. The van der Waals surface area contributed by atoms with Crippen LogP contribution in [0, 0.1) is 0 Å². The molecule has 0 radical (unpaired) electrons. The molecule has 14 heavy (non-hydrogen) atoms. The molecule has 3 heteroatoms. The summed E-state index contributed by atoms with van der Waals surface area (Å²) in [6.07, 6.45) is 2.13. The molecule has 0 atom stereocenters. The predicted octanol–water partition coefficient (Wildman–Crippen LogP) is 1.11. The van der Waals surface area contributed by atoms with Gasteiger partial charge in [-0.05, 0) is 30.0 Å². The number of rotatable bonds is 3. The van der Waals surface area contributed by atoms with Gasteiger partial charge in [0, 0.05) is 12.3 Å². The van der Waals surface area contributed by atoms with E-state index in [2.05, 4.69) is 5.32 Å². The van der Waals surface area contributed by atoms with E-state index in [0.29, 0.717) is 6.42 Å². The molecule has 1 heterocycles. The second-order valence-electron chi connectivity index (χ2n) is 3.54. The van der Waals surface area contributed by atoms with Gasteiger partial charge in [-0.1, -0.05) is 12.1 Å². The average molecular weight is 191 g/mol. The number of hydrogen-bond acceptors (Lipinski definition) is 2. The van der Waals surface area contributed by atoms with Crippen molar-refractivity contribution < 1.29 is 9.90 Å². The van der Waals surface area contributed by atoms with Crippen LogP contribution in [0.3, 0.4) is 0 Å². The van der Waals surface area contributed by atoms with Crippen LogP contribution in [0.4, 0.5) is 5.69 Å². The highest BCUT2D eigenvalue weighted by Gasteiger charge is 2.16. The lowest BCUT2D eigenvalue weighted by Gasteiger charge is -2.03. The van der Waals surface area contributed by atoms with E-state index in [-0.39, 0.29) is 12.5 Å². The number of carbonyl (C=O) groups excluding carboxylic acids is 1. The molecule has 0 aromatic heterocycles. The number of anilines is 1. The van der Waals surface area contributed by atoms with Gasteiger partial charge >= 0.3 is 0 Å². The fourth-order valence-corrected chi connectivity index (χ4v) is 1.70. The number of aliphatic hydroxyl groups is 1. The summed E-state index contributed by atoms with van der Waals surface area (Å²) in [7, 11) is 0. The van der Waals surface area contributed by atoms with Crippen LogP contribution in [0.15, 0.2) is 18.2 Å². The van der Waals surface area contributed by atoms with Crippen molar-refractivity contribution >= 4 is 11.6 Å². The van der Waals surface area contributed by atoms with Gasteiger partial charge in [-0.3, -0.25) is 4.79 Å². The molecular weight excluding hydrogens is 178 g/mol. The summed E-state index contributed by atoms with van der Waals surface area (Å²) in [6, 6.07) is 6.00. The molecule has 0 saturated heterocycles. The lowest BCUT2D eigenvalue weighted by atomic mass is 10.1. The van der Waals surface area contributed by atoms with Gasteiger partial charge in [0.25, 0.3) is 0 Å². The van der Waals surface area contributed by atoms with Crippen molar-refractivity contribution in [2.24, 2.45) is 0 Å². The van der Waals surface area contributed by atoms with E-state index in [1.165, 1.54) is 5.56 Å². The fourth-order valence-electron chi connectivity index (χ4n) is 1.70. The van der Waals surface area contributed by atoms with Crippen molar-refractivity contribution in [1.29, 1.82) is 0 Å². The minimum atomic E-state index is 0.0688. The Morgan fingerprint density at radius 2 is 2.29 bits per heavy atom. The second-order valence-corrected chi connectivity index (χ2v) is 3.54. The van der Waals surface area contributed by atoms with E-state index in [9.17, 15) is 4.79 Å². The van der Waals surface area contributed by atoms with Crippen molar-refractivity contribution in [3.8, 4) is 0 Å². The summed E-state index contributed by atoms with van der Waals surface area (Å²) in [5.74, 6) is 0.0688. The maximum Gasteiger partial charge on any atom is 0.228 e. The molecule has 1 amide bonds. The molecule has 1 aliphatic heterocycles. The Morgan fingerprint density at radius 3 is 3.07 bits per heavy atom. The first-order valence-corrected chi connectivity index (χ1v) is 4.82. The number of aryl methyl sites for hydroxylation is 1. The quantitative estimate of drug-likeness (QED) is 0.751. The molecule has 0 spiro atoms. The van der Waals surface area contributed by atoms with Crippen molar-refractivity contribution in [2.75, 3.05) is 11.9 Å². The second kappa shape index (κ2) is 3.80. The van der Waals surface area contributed by atoms with Gasteiger partial charge in [0.1, 0.15) is 0 Å². The molecule has 0 saturated carbocycles. The number of nitrogens with one attached hydrogen (secondary N) is 1. The molecule has 1 aromatic carbocycles. The van der Waals surface area contributed by atoms with Gasteiger partial charge in [-0.25, -0.2) is 0 Å². The van der Waals surface area contributed by atoms with Crippen LogP contribution in [0.25, 0.3) is 0 Å². The molecule has 2 N–H and O–H groups in total. The Kier molecular flexibility index (Phi) is 2.50. The molecule has 0 aliphatic carbocycles. The third-order valence-electron chi connectivity index (χ3n) is 2.42. The number of carbonyl (C=O) groups is 1. The predicted molar refractivity (Wildman–Crippen MR) is 54.2 cm³/mol. The largest absolute Gasteiger partial charge is 0.396 e. The zero-order valence-electron chi connectivity index (χ0n) is 7.92. The Bertz CT molecular complexity index is 360. The van der Waals surface area contributed by atoms with Crippen molar-refractivity contribution in [1.82, 2.24) is 0 Å². The lowest BCUT2D eigenvalue weighted by Crippen LogP contribution is -2.03. The van der Waals surface area contributed by atoms with Gasteiger partial charge in [-0.15, -0.1) is 0 Å². The maximum atomic E-state index is 11.1. The molecule has 0 unspecified atom stereocenters. The summed E-state index contributed by atoms with van der Waals surface area (Å²) >= 11 is 0. The van der Waals surface area contributed by atoms with E-state index >= 15 is 0 Å². The smallest absolute Gasteiger partial charge is 0.228 e. The molecule has 0 bridgehead atoms. The minimum Gasteiger partial charge on any atom is -0.396 e. The first kappa shape index (κ1) is 9.21. The molecule has 1 aromatic rings. The Labute approximate surface area is 82.8 Å². The van der Waals surface area contributed by atoms with Crippen molar-refractivity contribution in [2.45, 2.75) is 19.3 Å². The Balaban J connectivity index is 2.16. The summed E-state index contributed by atoms with van der Waals surface area (Å²) in [5, 5.41) is 11.5. The SMILES string of the molecule is O=C1Cc2ccc(CCCO)cc2N1. The standard InChI is InChI=1S/C11H13NO2/c13-5-1-2-8-3-4-9-7-11(14)12-10(9)6-8/h3-4,6,13H,1-2,5,7H2,(H,12,14). The third kappa shape index (κ3) is 1.77. The van der Waals surface area contributed by atoms with E-state index in [4.69, 9.17) is 5.11 Å². The number of fused-ring (bicyclic) bond motifs is 1. The topological polar surface area (TPSA) is 49.3 Å². The number of aliphatic hydroxyl groups excluding tert-OH is 1. The van der Waals surface area contributed by atoms with Crippen LogP contribution >= 0.6 is 0 Å². The Morgan fingerprint density at radius 1 is 1.43 bits per heavy atom. The molecule has 74 valence electrons. The normalized spacial score (nSPS) is 13.9. The van der Waals surface area contributed by atoms with Crippen LogP contribution in [0.1, 0.15) is 17.5 Å². The van der Waals surface area contributed by atoms with Gasteiger partial charge in [0.2, 0.25) is 5.91 Å². The molecule has 2 rings (SSSR count). The van der Waals surface area contributed by atoms with Gasteiger partial charge in [0.15, 0.2) is 0 Å². The van der Waals surface area contributed by atoms with E-state index in [1.807, 2.05) is 18.2 Å². The van der Waals surface area contributed by atoms with E-state index in [0.717, 1.165) is 24.1 Å². The summed E-state index contributed by atoms with van der Waals surface area (Å²) in [6.45, 7) is 0.212. The fraction of sp³-hybridized carbons (Fsp3) is 0.364. The van der Waals surface area contributed by atoms with Gasteiger partial charge in [0.05, 0.1) is 6.42 Å². The summed E-state index contributed by atoms with van der Waals surface area (Å²) in [4.78, 5) is 11.1. The van der Waals surface area contributed by atoms with Gasteiger partial charge in [-0.2, -0.15) is 0 Å². The summed E-state index contributed by atoms with van der Waals surface area (Å²) < 4.78 is 0. The highest BCUT2D eigenvalue weighted by Crippen LogP contribution is 2.24. The van der Waals surface area contributed by atoms with Crippen LogP contribution in [-0.4, -0.2) is 17.6 Å². The highest BCUT2D eigenvalue weighted by atomic mass is 16.2. The van der Waals surface area contributed by atoms with Crippen LogP contribution in [-0.2, 0) is 17.6 Å². The first-order chi connectivity index (χ1) is 6.79. The number of amides is 1. The van der Waals surface area contributed by atoms with Crippen LogP contribution < -0.4 is 5.32 Å². The number of benzene rings is 1. The average Bonchev–Trinajstić information content (AvgIpc) is 2.54. The van der Waals surface area contributed by atoms with Crippen molar-refractivity contribution in [3.05, 3.63) is 29.3 Å². The molecule has 1 aliphatic rings. The molecule has 3 nitrogen and oxygen atoms in total. The molecular formula is C11H13NO2. The van der Waals surface area contributed by atoms with E-state index in [1.54, 1.807) is 0 Å². The lowest BCUT2D eigenvalue weighted by molar-refractivity contribution is -0.115. The molecule has 0 fully saturated rings.